The molecule has 67 heavy (non-hydrogen) atoms. The number of fused-ring (bicyclic) bond motifs is 3. The Kier molecular flexibility index (Phi) is 10.2. The Morgan fingerprint density at radius 2 is 0.806 bits per heavy atom. The quantitative estimate of drug-likeness (QED) is 0.157. The molecule has 4 heteroatoms. The maximum absolute atomic E-state index is 5.37. The average molecular weight is 857 g/mol. The van der Waals surface area contributed by atoms with Crippen LogP contribution in [0.15, 0.2) is 255 Å². The number of nitrogens with one attached hydrogen (secondary N) is 1. The molecule has 0 fully saturated rings. The topological polar surface area (TPSA) is 42.7 Å². The highest BCUT2D eigenvalue weighted by molar-refractivity contribution is 6.24. The summed E-state index contributed by atoms with van der Waals surface area (Å²) in [4.78, 5) is 10.6. The minimum Gasteiger partial charge on any atom is -0.373 e. The van der Waals surface area contributed by atoms with Gasteiger partial charge in [0.05, 0.1) is 34.2 Å². The molecule has 0 amide bonds. The molecule has 0 saturated carbocycles. The fourth-order valence-electron chi connectivity index (χ4n) is 9.81. The van der Waals surface area contributed by atoms with Gasteiger partial charge in [0, 0.05) is 38.7 Å². The van der Waals surface area contributed by atoms with Crippen molar-refractivity contribution < 1.29 is 0 Å². The van der Waals surface area contributed by atoms with E-state index >= 15 is 0 Å². The standard InChI is InChI=1S/C63H44N4/c1-6-21-43(22-7-1)54-42-55(50-31-20-32-51(41-50)67-56-35-18-16-33-52(56)53-34-17-19-36-57(53)67)65-63(64-54)49-39-37-46(38-40-49)58-59(44-23-8-2-9-24-44)61(47-27-12-4-13-28-47)66-62(48-29-14-5-15-30-48)60(58)45-25-10-3-11-26-45/h1-42,61,66H. The summed E-state index contributed by atoms with van der Waals surface area (Å²) in [5.74, 6) is 0.665. The van der Waals surface area contributed by atoms with Crippen LogP contribution in [0.2, 0.25) is 0 Å². The number of benzene rings is 9. The van der Waals surface area contributed by atoms with Crippen LogP contribution in [0.25, 0.3) is 83.8 Å². The summed E-state index contributed by atoms with van der Waals surface area (Å²) in [6.07, 6.45) is 0. The molecule has 1 N–H and O–H groups in total. The van der Waals surface area contributed by atoms with Gasteiger partial charge in [-0.2, -0.15) is 0 Å². The Balaban J connectivity index is 1.04. The second kappa shape index (κ2) is 17.3. The highest BCUT2D eigenvalue weighted by atomic mass is 15.0. The summed E-state index contributed by atoms with van der Waals surface area (Å²) < 4.78 is 2.36. The zero-order valence-corrected chi connectivity index (χ0v) is 36.7. The Morgan fingerprint density at radius 1 is 0.343 bits per heavy atom. The third-order valence-corrected chi connectivity index (χ3v) is 12.9. The number of rotatable bonds is 9. The van der Waals surface area contributed by atoms with E-state index in [1.54, 1.807) is 0 Å². The number of para-hydroxylation sites is 2. The first-order valence-electron chi connectivity index (χ1n) is 22.9. The van der Waals surface area contributed by atoms with Crippen LogP contribution >= 0.6 is 0 Å². The van der Waals surface area contributed by atoms with E-state index in [9.17, 15) is 0 Å². The van der Waals surface area contributed by atoms with Crippen LogP contribution < -0.4 is 5.32 Å². The van der Waals surface area contributed by atoms with Crippen LogP contribution in [0.4, 0.5) is 0 Å². The molecule has 1 unspecified atom stereocenters. The van der Waals surface area contributed by atoms with Gasteiger partial charge in [-0.15, -0.1) is 0 Å². The van der Waals surface area contributed by atoms with Gasteiger partial charge in [0.1, 0.15) is 0 Å². The summed E-state index contributed by atoms with van der Waals surface area (Å²) in [6.45, 7) is 0. The number of hydrogen-bond acceptors (Lipinski definition) is 3. The molecule has 316 valence electrons. The molecule has 4 nitrogen and oxygen atoms in total. The summed E-state index contributed by atoms with van der Waals surface area (Å²) >= 11 is 0. The second-order valence-electron chi connectivity index (χ2n) is 17.0. The van der Waals surface area contributed by atoms with Gasteiger partial charge in [-0.3, -0.25) is 0 Å². The lowest BCUT2D eigenvalue weighted by molar-refractivity contribution is 0.787. The smallest absolute Gasteiger partial charge is 0.160 e. The van der Waals surface area contributed by atoms with Crippen LogP contribution in [0.1, 0.15) is 33.9 Å². The van der Waals surface area contributed by atoms with Gasteiger partial charge in [0.2, 0.25) is 0 Å². The molecule has 0 saturated heterocycles. The summed E-state index contributed by atoms with van der Waals surface area (Å²) in [5.41, 5.74) is 18.5. The average Bonchev–Trinajstić information content (AvgIpc) is 3.76. The summed E-state index contributed by atoms with van der Waals surface area (Å²) in [7, 11) is 0. The lowest BCUT2D eigenvalue weighted by Gasteiger charge is -2.36. The number of dihydropyridines is 1. The van der Waals surface area contributed by atoms with Crippen LogP contribution in [0.3, 0.4) is 0 Å². The predicted molar refractivity (Wildman–Crippen MR) is 278 cm³/mol. The normalized spacial score (nSPS) is 13.8. The van der Waals surface area contributed by atoms with Crippen LogP contribution in [0, 0.1) is 0 Å². The molecule has 0 spiro atoms. The van der Waals surface area contributed by atoms with Gasteiger partial charge >= 0.3 is 0 Å². The molecule has 9 aromatic carbocycles. The molecule has 0 aliphatic carbocycles. The minimum atomic E-state index is -0.132. The molecule has 3 heterocycles. The number of hydrogen-bond donors (Lipinski definition) is 1. The second-order valence-corrected chi connectivity index (χ2v) is 17.0. The molecule has 0 radical (unpaired) electrons. The molecule has 2 aromatic heterocycles. The summed E-state index contributed by atoms with van der Waals surface area (Å²) in [6, 6.07) is 90.4. The first-order chi connectivity index (χ1) is 33.2. The molecule has 12 rings (SSSR count). The monoisotopic (exact) mass is 856 g/mol. The van der Waals surface area contributed by atoms with Gasteiger partial charge in [-0.25, -0.2) is 9.97 Å². The maximum Gasteiger partial charge on any atom is 0.160 e. The first kappa shape index (κ1) is 39.7. The van der Waals surface area contributed by atoms with Gasteiger partial charge in [-0.1, -0.05) is 224 Å². The van der Waals surface area contributed by atoms with E-state index < -0.39 is 0 Å². The summed E-state index contributed by atoms with van der Waals surface area (Å²) in [5, 5.41) is 6.56. The fraction of sp³-hybridized carbons (Fsp3) is 0.0159. The van der Waals surface area contributed by atoms with Gasteiger partial charge in [0.15, 0.2) is 5.82 Å². The number of allylic oxidation sites excluding steroid dienone is 2. The van der Waals surface area contributed by atoms with E-state index in [1.807, 2.05) is 6.07 Å². The van der Waals surface area contributed by atoms with Crippen molar-refractivity contribution >= 4 is 44.2 Å². The zero-order chi connectivity index (χ0) is 44.5. The highest BCUT2D eigenvalue weighted by Gasteiger charge is 2.33. The van der Waals surface area contributed by atoms with Crippen molar-refractivity contribution in [1.29, 1.82) is 0 Å². The number of aromatic nitrogens is 3. The largest absolute Gasteiger partial charge is 0.373 e. The van der Waals surface area contributed by atoms with Crippen LogP contribution in [0.5, 0.6) is 0 Å². The van der Waals surface area contributed by atoms with Crippen molar-refractivity contribution in [1.82, 2.24) is 19.9 Å². The van der Waals surface area contributed by atoms with E-state index in [4.69, 9.17) is 9.97 Å². The van der Waals surface area contributed by atoms with Crippen LogP contribution in [-0.4, -0.2) is 14.5 Å². The van der Waals surface area contributed by atoms with E-state index in [0.29, 0.717) is 5.82 Å². The van der Waals surface area contributed by atoms with E-state index in [1.165, 1.54) is 38.5 Å². The highest BCUT2D eigenvalue weighted by Crippen LogP contribution is 2.50. The molecule has 11 aromatic rings. The Hall–Kier alpha value is -8.86. The molecule has 0 bridgehead atoms. The third-order valence-electron chi connectivity index (χ3n) is 12.9. The van der Waals surface area contributed by atoms with Crippen LogP contribution in [-0.2, 0) is 0 Å². The molecular formula is C63H44N4. The minimum absolute atomic E-state index is 0.132. The molecule has 1 aliphatic heterocycles. The van der Waals surface area contributed by atoms with Crippen molar-refractivity contribution in [3.8, 4) is 39.6 Å². The Labute approximate surface area is 390 Å². The Bertz CT molecular complexity index is 3560. The van der Waals surface area contributed by atoms with Crippen molar-refractivity contribution in [3.63, 3.8) is 0 Å². The third kappa shape index (κ3) is 7.41. The lowest BCUT2D eigenvalue weighted by Crippen LogP contribution is -2.27. The molecular weight excluding hydrogens is 813 g/mol. The van der Waals surface area contributed by atoms with Gasteiger partial charge in [-0.05, 0) is 69.3 Å². The Morgan fingerprint density at radius 3 is 1.42 bits per heavy atom. The predicted octanol–water partition coefficient (Wildman–Crippen LogP) is 15.4. The molecule has 1 atom stereocenters. The fourth-order valence-corrected chi connectivity index (χ4v) is 9.81. The molecule has 1 aliphatic rings. The van der Waals surface area contributed by atoms with E-state index in [2.05, 4.69) is 259 Å². The SMILES string of the molecule is c1ccc(C2=C(c3ccccc3)C(c3ccc(-c4nc(-c5ccccc5)cc(-c5cccc(-n6c7ccccc7c7ccccc76)c5)n4)cc3)=C(c3ccccc3)C(c3ccccc3)N2)cc1. The van der Waals surface area contributed by atoms with Crippen molar-refractivity contribution in [3.05, 3.63) is 283 Å². The van der Waals surface area contributed by atoms with Gasteiger partial charge in [0.25, 0.3) is 0 Å². The first-order valence-corrected chi connectivity index (χ1v) is 22.9. The van der Waals surface area contributed by atoms with E-state index in [0.717, 1.165) is 67.3 Å². The van der Waals surface area contributed by atoms with Crippen molar-refractivity contribution in [2.24, 2.45) is 0 Å². The van der Waals surface area contributed by atoms with E-state index in [-0.39, 0.29) is 6.04 Å². The lowest BCUT2D eigenvalue weighted by atomic mass is 9.77. The maximum atomic E-state index is 5.37. The van der Waals surface area contributed by atoms with Crippen molar-refractivity contribution in [2.45, 2.75) is 6.04 Å². The van der Waals surface area contributed by atoms with Crippen molar-refractivity contribution in [2.75, 3.05) is 0 Å². The van der Waals surface area contributed by atoms with Gasteiger partial charge < -0.3 is 9.88 Å². The zero-order valence-electron chi connectivity index (χ0n) is 36.7. The number of nitrogens with zero attached hydrogens (tertiary/aromatic N) is 3.